The van der Waals surface area contributed by atoms with Crippen molar-refractivity contribution < 1.29 is 9.59 Å². The van der Waals surface area contributed by atoms with Gasteiger partial charge in [-0.25, -0.2) is 0 Å². The van der Waals surface area contributed by atoms with Gasteiger partial charge in [-0.3, -0.25) is 9.59 Å². The molecule has 1 aliphatic heterocycles. The number of nitrogens with two attached hydrogens (primary N) is 1. The predicted molar refractivity (Wildman–Crippen MR) is 86.2 cm³/mol. The average Bonchev–Trinajstić information content (AvgIpc) is 2.48. The molecule has 112 valence electrons. The molecule has 1 amide bonds. The largest absolute Gasteiger partial charge is 0.369 e. The second kappa shape index (κ2) is 6.67. The van der Waals surface area contributed by atoms with Gasteiger partial charge >= 0.3 is 0 Å². The van der Waals surface area contributed by atoms with E-state index in [1.807, 2.05) is 17.0 Å². The van der Waals surface area contributed by atoms with Gasteiger partial charge < -0.3 is 16.0 Å². The summed E-state index contributed by atoms with van der Waals surface area (Å²) < 4.78 is 0. The maximum absolute atomic E-state index is 11.3. The third kappa shape index (κ3) is 4.01. The number of ketones is 1. The second-order valence-corrected chi connectivity index (χ2v) is 5.64. The van der Waals surface area contributed by atoms with Crippen molar-refractivity contribution in [2.75, 3.05) is 18.4 Å². The molecule has 1 saturated heterocycles. The van der Waals surface area contributed by atoms with Gasteiger partial charge in [-0.15, -0.1) is 0 Å². The number of hydrogen-bond acceptors (Lipinski definition) is 3. The van der Waals surface area contributed by atoms with Gasteiger partial charge in [0.25, 0.3) is 0 Å². The number of thiocarbonyl (C=S) groups is 1. The van der Waals surface area contributed by atoms with Gasteiger partial charge in [0, 0.05) is 24.3 Å². The Hall–Kier alpha value is -1.95. The van der Waals surface area contributed by atoms with E-state index >= 15 is 0 Å². The molecule has 0 radical (unpaired) electrons. The van der Waals surface area contributed by atoms with Crippen LogP contribution >= 0.6 is 12.2 Å². The van der Waals surface area contributed by atoms with E-state index in [4.69, 9.17) is 18.0 Å². The number of piperidine rings is 1. The first-order chi connectivity index (χ1) is 9.97. The van der Waals surface area contributed by atoms with Crippen LogP contribution in [0.1, 0.15) is 30.1 Å². The van der Waals surface area contributed by atoms with Crippen LogP contribution in [0.25, 0.3) is 0 Å². The molecule has 3 N–H and O–H groups in total. The number of likely N-dealkylation sites (tertiary alicyclic amines) is 1. The number of amides is 1. The lowest BCUT2D eigenvalue weighted by Crippen LogP contribution is -2.45. The molecule has 6 heteroatoms. The van der Waals surface area contributed by atoms with Crippen LogP contribution in [-0.4, -0.2) is 34.8 Å². The van der Waals surface area contributed by atoms with Crippen molar-refractivity contribution in [3.63, 3.8) is 0 Å². The van der Waals surface area contributed by atoms with Crippen molar-refractivity contribution in [1.82, 2.24) is 4.90 Å². The van der Waals surface area contributed by atoms with Gasteiger partial charge in [0.15, 0.2) is 10.9 Å². The molecule has 5 nitrogen and oxygen atoms in total. The quantitative estimate of drug-likeness (QED) is 0.658. The summed E-state index contributed by atoms with van der Waals surface area (Å²) in [5.41, 5.74) is 6.86. The third-order valence-electron chi connectivity index (χ3n) is 3.65. The molecule has 1 heterocycles. The smallest absolute Gasteiger partial charge is 0.222 e. The Bertz CT molecular complexity index is 557. The molecular weight excluding hydrogens is 286 g/mol. The first-order valence-electron chi connectivity index (χ1n) is 6.93. The van der Waals surface area contributed by atoms with E-state index in [2.05, 4.69) is 5.32 Å². The van der Waals surface area contributed by atoms with Crippen molar-refractivity contribution in [2.24, 2.45) is 11.7 Å². The normalized spacial score (nSPS) is 18.1. The highest BCUT2D eigenvalue weighted by molar-refractivity contribution is 7.80. The fourth-order valence-corrected chi connectivity index (χ4v) is 2.67. The maximum atomic E-state index is 11.3. The van der Waals surface area contributed by atoms with Crippen molar-refractivity contribution in [1.29, 1.82) is 0 Å². The van der Waals surface area contributed by atoms with Gasteiger partial charge in [-0.05, 0) is 56.2 Å². The first kappa shape index (κ1) is 15.4. The number of rotatable bonds is 3. The number of primary amides is 1. The van der Waals surface area contributed by atoms with E-state index in [0.29, 0.717) is 17.2 Å². The topological polar surface area (TPSA) is 75.4 Å². The summed E-state index contributed by atoms with van der Waals surface area (Å²) in [4.78, 5) is 24.5. The fraction of sp³-hybridized carbons (Fsp3) is 0.400. The highest BCUT2D eigenvalue weighted by Gasteiger charge is 2.25. The van der Waals surface area contributed by atoms with E-state index < -0.39 is 0 Å². The monoisotopic (exact) mass is 305 g/mol. The summed E-state index contributed by atoms with van der Waals surface area (Å²) in [6, 6.07) is 7.16. The second-order valence-electron chi connectivity index (χ2n) is 5.25. The van der Waals surface area contributed by atoms with Crippen LogP contribution in [0.2, 0.25) is 0 Å². The lowest BCUT2D eigenvalue weighted by molar-refractivity contribution is -0.122. The van der Waals surface area contributed by atoms with Crippen LogP contribution in [0.5, 0.6) is 0 Å². The molecule has 1 aromatic carbocycles. The molecule has 1 fully saturated rings. The molecule has 21 heavy (non-hydrogen) atoms. The Morgan fingerprint density at radius 1 is 1.33 bits per heavy atom. The molecule has 0 bridgehead atoms. The van der Waals surface area contributed by atoms with Crippen molar-refractivity contribution in [2.45, 2.75) is 19.8 Å². The summed E-state index contributed by atoms with van der Waals surface area (Å²) >= 11 is 5.38. The minimum Gasteiger partial charge on any atom is -0.369 e. The average molecular weight is 305 g/mol. The predicted octanol–water partition coefficient (Wildman–Crippen LogP) is 1.78. The lowest BCUT2D eigenvalue weighted by atomic mass is 9.98. The van der Waals surface area contributed by atoms with Crippen molar-refractivity contribution in [3.8, 4) is 0 Å². The SMILES string of the molecule is CC(=O)c1ccc(NC(=S)N2CCCC(C(N)=O)C2)cc1. The third-order valence-corrected chi connectivity index (χ3v) is 4.01. The van der Waals surface area contributed by atoms with Crippen LogP contribution in [0.4, 0.5) is 5.69 Å². The molecule has 2 rings (SSSR count). The Morgan fingerprint density at radius 2 is 2.00 bits per heavy atom. The van der Waals surface area contributed by atoms with E-state index in [9.17, 15) is 9.59 Å². The van der Waals surface area contributed by atoms with Gasteiger partial charge in [0.05, 0.1) is 5.92 Å². The lowest BCUT2D eigenvalue weighted by Gasteiger charge is -2.33. The zero-order valence-corrected chi connectivity index (χ0v) is 12.8. The molecule has 1 atom stereocenters. The number of Topliss-reactive ketones (excluding diaryl/α,β-unsaturated/α-hetero) is 1. The highest BCUT2D eigenvalue weighted by Crippen LogP contribution is 2.18. The maximum Gasteiger partial charge on any atom is 0.222 e. The summed E-state index contributed by atoms with van der Waals surface area (Å²) in [6.07, 6.45) is 1.72. The van der Waals surface area contributed by atoms with Gasteiger partial charge in [-0.2, -0.15) is 0 Å². The molecule has 0 aromatic heterocycles. The minimum absolute atomic E-state index is 0.0319. The summed E-state index contributed by atoms with van der Waals surface area (Å²) in [5, 5.41) is 3.71. The molecule has 1 unspecified atom stereocenters. The van der Waals surface area contributed by atoms with Crippen LogP contribution < -0.4 is 11.1 Å². The van der Waals surface area contributed by atoms with Crippen LogP contribution in [0.3, 0.4) is 0 Å². The first-order valence-corrected chi connectivity index (χ1v) is 7.34. The number of anilines is 1. The van der Waals surface area contributed by atoms with E-state index in [1.54, 1.807) is 12.1 Å². The van der Waals surface area contributed by atoms with Gasteiger partial charge in [-0.1, -0.05) is 0 Å². The Morgan fingerprint density at radius 3 is 2.57 bits per heavy atom. The number of nitrogens with one attached hydrogen (secondary N) is 1. The Labute approximate surface area is 129 Å². The summed E-state index contributed by atoms with van der Waals surface area (Å²) in [7, 11) is 0. The number of benzene rings is 1. The number of hydrogen-bond donors (Lipinski definition) is 2. The Kier molecular flexibility index (Phi) is 4.90. The van der Waals surface area contributed by atoms with E-state index in [0.717, 1.165) is 25.1 Å². The Balaban J connectivity index is 1.97. The van der Waals surface area contributed by atoms with Crippen molar-refractivity contribution in [3.05, 3.63) is 29.8 Å². The minimum atomic E-state index is -0.270. The highest BCUT2D eigenvalue weighted by atomic mass is 32.1. The van der Waals surface area contributed by atoms with E-state index in [-0.39, 0.29) is 17.6 Å². The summed E-state index contributed by atoms with van der Waals surface area (Å²) in [6.45, 7) is 2.92. The van der Waals surface area contributed by atoms with Crippen molar-refractivity contribution >= 4 is 34.7 Å². The molecule has 1 aromatic rings. The van der Waals surface area contributed by atoms with Crippen LogP contribution in [0, 0.1) is 5.92 Å². The fourth-order valence-electron chi connectivity index (χ4n) is 2.38. The number of nitrogens with zero attached hydrogens (tertiary/aromatic N) is 1. The molecule has 0 aliphatic carbocycles. The molecule has 0 spiro atoms. The van der Waals surface area contributed by atoms with Gasteiger partial charge in [0.2, 0.25) is 5.91 Å². The van der Waals surface area contributed by atoms with Crippen LogP contribution in [-0.2, 0) is 4.79 Å². The van der Waals surface area contributed by atoms with Gasteiger partial charge in [0.1, 0.15) is 0 Å². The molecule has 1 aliphatic rings. The molecular formula is C15H19N3O2S. The zero-order valence-electron chi connectivity index (χ0n) is 12.0. The number of carbonyl (C=O) groups excluding carboxylic acids is 2. The standard InChI is InChI=1S/C15H19N3O2S/c1-10(19)11-4-6-13(7-5-11)17-15(21)18-8-2-3-12(9-18)14(16)20/h4-7,12H,2-3,8-9H2,1H3,(H2,16,20)(H,17,21). The van der Waals surface area contributed by atoms with Crippen LogP contribution in [0.15, 0.2) is 24.3 Å². The summed E-state index contributed by atoms with van der Waals surface area (Å²) in [5.74, 6) is -0.378. The van der Waals surface area contributed by atoms with E-state index in [1.165, 1.54) is 6.92 Å². The number of carbonyl (C=O) groups is 2. The zero-order chi connectivity index (χ0) is 15.4. The molecule has 0 saturated carbocycles.